The van der Waals surface area contributed by atoms with Gasteiger partial charge in [-0.1, -0.05) is 20.8 Å². The highest BCUT2D eigenvalue weighted by molar-refractivity contribution is 5.89. The van der Waals surface area contributed by atoms with Crippen molar-refractivity contribution in [3.63, 3.8) is 0 Å². The van der Waals surface area contributed by atoms with Crippen molar-refractivity contribution in [2.75, 3.05) is 6.54 Å². The van der Waals surface area contributed by atoms with Crippen molar-refractivity contribution < 1.29 is 4.79 Å². The summed E-state index contributed by atoms with van der Waals surface area (Å²) >= 11 is 0. The zero-order valence-corrected chi connectivity index (χ0v) is 11.1. The highest BCUT2D eigenvalue weighted by Crippen LogP contribution is 2.31. The van der Waals surface area contributed by atoms with Gasteiger partial charge < -0.3 is 0 Å². The van der Waals surface area contributed by atoms with Gasteiger partial charge >= 0.3 is 0 Å². The minimum absolute atomic E-state index is 0.113. The Hall–Kier alpha value is -0.370. The van der Waals surface area contributed by atoms with Gasteiger partial charge in [-0.05, 0) is 40.2 Å². The molecule has 0 radical (unpaired) electrons. The summed E-state index contributed by atoms with van der Waals surface area (Å²) in [7, 11) is 0. The lowest BCUT2D eigenvalue weighted by molar-refractivity contribution is -0.132. The average molecular weight is 211 g/mol. The van der Waals surface area contributed by atoms with E-state index >= 15 is 0 Å². The first-order valence-electron chi connectivity index (χ1n) is 5.95. The van der Waals surface area contributed by atoms with E-state index in [2.05, 4.69) is 25.7 Å². The third-order valence-electron chi connectivity index (χ3n) is 3.16. The van der Waals surface area contributed by atoms with Crippen LogP contribution in [0.25, 0.3) is 0 Å². The quantitative estimate of drug-likeness (QED) is 0.664. The van der Waals surface area contributed by atoms with E-state index in [1.165, 1.54) is 0 Å². The molecule has 0 aromatic rings. The monoisotopic (exact) mass is 211 g/mol. The second kappa shape index (κ2) is 3.89. The molecule has 1 aliphatic heterocycles. The minimum atomic E-state index is -0.210. The van der Waals surface area contributed by atoms with Crippen molar-refractivity contribution in [3.05, 3.63) is 0 Å². The summed E-state index contributed by atoms with van der Waals surface area (Å²) in [6, 6.07) is 0.144. The fourth-order valence-corrected chi connectivity index (χ4v) is 2.34. The van der Waals surface area contributed by atoms with E-state index in [9.17, 15) is 4.79 Å². The van der Waals surface area contributed by atoms with Crippen LogP contribution in [0.4, 0.5) is 0 Å². The van der Waals surface area contributed by atoms with Gasteiger partial charge in [0.25, 0.3) is 0 Å². The predicted molar refractivity (Wildman–Crippen MR) is 63.9 cm³/mol. The minimum Gasteiger partial charge on any atom is -0.297 e. The van der Waals surface area contributed by atoms with E-state index in [0.29, 0.717) is 5.78 Å². The number of Topliss-reactive ketones (excluding diaryl/α,β-unsaturated/α-hetero) is 1. The van der Waals surface area contributed by atoms with E-state index in [4.69, 9.17) is 0 Å². The van der Waals surface area contributed by atoms with Crippen LogP contribution in [0.5, 0.6) is 0 Å². The average Bonchev–Trinajstić information content (AvgIpc) is 2.47. The standard InChI is InChI=1S/C13H25NO/c1-12(2,3)11(15)10-8-7-9-14(10)13(4,5)6/h10H,7-9H2,1-6H3/t10-/m1/s1. The Kier molecular flexibility index (Phi) is 3.30. The van der Waals surface area contributed by atoms with Gasteiger partial charge in [0.15, 0.2) is 5.78 Å². The molecule has 88 valence electrons. The van der Waals surface area contributed by atoms with Crippen molar-refractivity contribution >= 4 is 5.78 Å². The number of carbonyl (C=O) groups is 1. The van der Waals surface area contributed by atoms with Crippen LogP contribution in [0, 0.1) is 5.41 Å². The molecule has 0 aliphatic carbocycles. The van der Waals surface area contributed by atoms with Crippen LogP contribution >= 0.6 is 0 Å². The van der Waals surface area contributed by atoms with Gasteiger partial charge in [-0.2, -0.15) is 0 Å². The molecular weight excluding hydrogens is 186 g/mol. The first-order chi connectivity index (χ1) is 6.64. The Morgan fingerprint density at radius 2 is 1.67 bits per heavy atom. The van der Waals surface area contributed by atoms with Crippen LogP contribution in [0.15, 0.2) is 0 Å². The van der Waals surface area contributed by atoms with Crippen molar-refractivity contribution in [2.45, 2.75) is 66.0 Å². The van der Waals surface area contributed by atoms with Gasteiger partial charge in [-0.25, -0.2) is 0 Å². The summed E-state index contributed by atoms with van der Waals surface area (Å²) in [5, 5.41) is 0. The van der Waals surface area contributed by atoms with Gasteiger partial charge in [0, 0.05) is 11.0 Å². The molecule has 1 rings (SSSR count). The van der Waals surface area contributed by atoms with E-state index in [-0.39, 0.29) is 17.0 Å². The van der Waals surface area contributed by atoms with E-state index in [1.54, 1.807) is 0 Å². The smallest absolute Gasteiger partial charge is 0.155 e. The molecule has 1 saturated heterocycles. The summed E-state index contributed by atoms with van der Waals surface area (Å²) < 4.78 is 0. The Bertz CT molecular complexity index is 244. The van der Waals surface area contributed by atoms with Crippen molar-refractivity contribution in [1.82, 2.24) is 4.90 Å². The zero-order chi connectivity index (χ0) is 11.9. The Morgan fingerprint density at radius 3 is 2.07 bits per heavy atom. The molecule has 0 unspecified atom stereocenters. The van der Waals surface area contributed by atoms with Crippen molar-refractivity contribution in [1.29, 1.82) is 0 Å². The number of carbonyl (C=O) groups excluding carboxylic acids is 1. The predicted octanol–water partition coefficient (Wildman–Crippen LogP) is 2.86. The molecule has 1 aliphatic rings. The lowest BCUT2D eigenvalue weighted by Crippen LogP contribution is -2.50. The third kappa shape index (κ3) is 2.81. The lowest BCUT2D eigenvalue weighted by Gasteiger charge is -2.38. The maximum absolute atomic E-state index is 12.3. The van der Waals surface area contributed by atoms with Crippen LogP contribution in [0.3, 0.4) is 0 Å². The molecule has 2 nitrogen and oxygen atoms in total. The number of hydrogen-bond acceptors (Lipinski definition) is 2. The molecule has 0 N–H and O–H groups in total. The van der Waals surface area contributed by atoms with Crippen molar-refractivity contribution in [3.8, 4) is 0 Å². The molecule has 1 fully saturated rings. The lowest BCUT2D eigenvalue weighted by atomic mass is 9.84. The molecule has 1 atom stereocenters. The second-order valence-corrected chi connectivity index (χ2v) is 6.64. The number of ketones is 1. The third-order valence-corrected chi connectivity index (χ3v) is 3.16. The van der Waals surface area contributed by atoms with E-state index < -0.39 is 0 Å². The van der Waals surface area contributed by atoms with Crippen LogP contribution < -0.4 is 0 Å². The first-order valence-corrected chi connectivity index (χ1v) is 5.95. The maximum atomic E-state index is 12.3. The largest absolute Gasteiger partial charge is 0.297 e. The molecule has 1 heterocycles. The molecule has 15 heavy (non-hydrogen) atoms. The van der Waals surface area contributed by atoms with E-state index in [1.807, 2.05) is 20.8 Å². The summed E-state index contributed by atoms with van der Waals surface area (Å²) in [5.74, 6) is 0.398. The maximum Gasteiger partial charge on any atom is 0.155 e. The van der Waals surface area contributed by atoms with E-state index in [0.717, 1.165) is 19.4 Å². The van der Waals surface area contributed by atoms with Crippen LogP contribution in [-0.2, 0) is 4.79 Å². The topological polar surface area (TPSA) is 20.3 Å². The second-order valence-electron chi connectivity index (χ2n) is 6.64. The molecule has 0 spiro atoms. The fraction of sp³-hybridized carbons (Fsp3) is 0.923. The molecule has 0 amide bonds. The van der Waals surface area contributed by atoms with Crippen LogP contribution in [0.1, 0.15) is 54.4 Å². The molecule has 0 aromatic carbocycles. The number of likely N-dealkylation sites (tertiary alicyclic amines) is 1. The molecule has 0 saturated carbocycles. The van der Waals surface area contributed by atoms with Gasteiger partial charge in [0.1, 0.15) is 0 Å². The van der Waals surface area contributed by atoms with Gasteiger partial charge in [0.2, 0.25) is 0 Å². The summed E-state index contributed by atoms with van der Waals surface area (Å²) in [5.41, 5.74) is -0.0966. The summed E-state index contributed by atoms with van der Waals surface area (Å²) in [6.45, 7) is 13.7. The highest BCUT2D eigenvalue weighted by atomic mass is 16.1. The highest BCUT2D eigenvalue weighted by Gasteiger charge is 2.40. The Labute approximate surface area is 94.0 Å². The zero-order valence-electron chi connectivity index (χ0n) is 11.1. The number of rotatable bonds is 1. The Balaban J connectivity index is 2.82. The van der Waals surface area contributed by atoms with Gasteiger partial charge in [-0.15, -0.1) is 0 Å². The molecular formula is C13H25NO. The first kappa shape index (κ1) is 12.7. The number of nitrogens with zero attached hydrogens (tertiary/aromatic N) is 1. The van der Waals surface area contributed by atoms with Crippen molar-refractivity contribution in [2.24, 2.45) is 5.41 Å². The summed E-state index contributed by atoms with van der Waals surface area (Å²) in [4.78, 5) is 14.6. The van der Waals surface area contributed by atoms with Crippen LogP contribution in [0.2, 0.25) is 0 Å². The normalized spacial score (nSPS) is 24.5. The molecule has 2 heteroatoms. The molecule has 0 aromatic heterocycles. The molecule has 0 bridgehead atoms. The van der Waals surface area contributed by atoms with Gasteiger partial charge in [-0.3, -0.25) is 9.69 Å². The van der Waals surface area contributed by atoms with Crippen LogP contribution in [-0.4, -0.2) is 28.8 Å². The SMILES string of the molecule is CC(C)(C)C(=O)[C@H]1CCCN1C(C)(C)C. The Morgan fingerprint density at radius 1 is 1.13 bits per heavy atom. The fourth-order valence-electron chi connectivity index (χ4n) is 2.34. The summed E-state index contributed by atoms with van der Waals surface area (Å²) in [6.07, 6.45) is 2.19. The number of hydrogen-bond donors (Lipinski definition) is 0. The van der Waals surface area contributed by atoms with Gasteiger partial charge in [0.05, 0.1) is 6.04 Å².